The van der Waals surface area contributed by atoms with E-state index in [1.54, 1.807) is 18.2 Å². The highest BCUT2D eigenvalue weighted by molar-refractivity contribution is 6.31. The fourth-order valence-corrected chi connectivity index (χ4v) is 3.21. The summed E-state index contributed by atoms with van der Waals surface area (Å²) in [5, 5.41) is 3.48. The molecule has 6 nitrogen and oxygen atoms in total. The van der Waals surface area contributed by atoms with Crippen molar-refractivity contribution in [2.75, 3.05) is 42.9 Å². The Morgan fingerprint density at radius 1 is 1.15 bits per heavy atom. The monoisotopic (exact) mass is 373 g/mol. The van der Waals surface area contributed by atoms with E-state index in [0.717, 1.165) is 44.1 Å². The lowest BCUT2D eigenvalue weighted by Gasteiger charge is -2.34. The molecule has 0 atom stereocenters. The average Bonchev–Trinajstić information content (AvgIpc) is 2.64. The van der Waals surface area contributed by atoms with Gasteiger partial charge in [0.15, 0.2) is 0 Å². The molecule has 1 saturated heterocycles. The molecule has 0 radical (unpaired) electrons. The first-order valence-corrected chi connectivity index (χ1v) is 9.24. The van der Waals surface area contributed by atoms with E-state index < -0.39 is 0 Å². The van der Waals surface area contributed by atoms with Gasteiger partial charge in [-0.05, 0) is 38.1 Å². The molecule has 0 aliphatic carbocycles. The number of aromatic nitrogens is 2. The number of aryl methyl sites for hydroxylation is 2. The molecule has 2 aromatic rings. The number of benzene rings is 1. The van der Waals surface area contributed by atoms with Crippen molar-refractivity contribution < 1.29 is 4.79 Å². The predicted molar refractivity (Wildman–Crippen MR) is 105 cm³/mol. The number of nitrogens with zero attached hydrogens (tertiary/aromatic N) is 4. The molecular weight excluding hydrogens is 350 g/mol. The zero-order valence-electron chi connectivity index (χ0n) is 15.4. The largest absolute Gasteiger partial charge is 0.354 e. The molecule has 2 heterocycles. The summed E-state index contributed by atoms with van der Waals surface area (Å²) < 4.78 is 0. The number of rotatable bonds is 4. The Morgan fingerprint density at radius 3 is 2.58 bits per heavy atom. The molecule has 1 amide bonds. The number of piperazine rings is 1. The van der Waals surface area contributed by atoms with Crippen LogP contribution in [-0.2, 0) is 0 Å². The number of amides is 1. The fraction of sp³-hybridized carbons (Fsp3) is 0.421. The first-order valence-electron chi connectivity index (χ1n) is 8.86. The van der Waals surface area contributed by atoms with Gasteiger partial charge in [0.25, 0.3) is 5.91 Å². The van der Waals surface area contributed by atoms with E-state index in [1.165, 1.54) is 0 Å². The summed E-state index contributed by atoms with van der Waals surface area (Å²) in [5.74, 6) is 1.14. The molecule has 1 N–H and O–H groups in total. The van der Waals surface area contributed by atoms with Crippen LogP contribution in [0.25, 0.3) is 0 Å². The molecule has 7 heteroatoms. The molecule has 3 rings (SSSR count). The van der Waals surface area contributed by atoms with Crippen LogP contribution >= 0.6 is 11.6 Å². The van der Waals surface area contributed by atoms with Gasteiger partial charge >= 0.3 is 0 Å². The number of anilines is 2. The molecule has 1 aromatic carbocycles. The van der Waals surface area contributed by atoms with Gasteiger partial charge in [-0.3, -0.25) is 4.79 Å². The van der Waals surface area contributed by atoms with Gasteiger partial charge in [0, 0.05) is 43.0 Å². The van der Waals surface area contributed by atoms with Crippen LogP contribution in [0.4, 0.5) is 11.5 Å². The maximum atomic E-state index is 12.7. The van der Waals surface area contributed by atoms with Gasteiger partial charge < -0.3 is 15.1 Å². The zero-order valence-corrected chi connectivity index (χ0v) is 16.2. The molecule has 0 unspecified atom stereocenters. The third-order valence-electron chi connectivity index (χ3n) is 4.65. The first-order chi connectivity index (χ1) is 12.5. The van der Waals surface area contributed by atoms with Crippen LogP contribution in [0.15, 0.2) is 24.3 Å². The predicted octanol–water partition coefficient (Wildman–Crippen LogP) is 3.14. The molecule has 0 bridgehead atoms. The Hall–Kier alpha value is -2.18. The van der Waals surface area contributed by atoms with Crippen LogP contribution in [0.3, 0.4) is 0 Å². The summed E-state index contributed by atoms with van der Waals surface area (Å²) in [6, 6.07) is 7.19. The van der Waals surface area contributed by atoms with Crippen molar-refractivity contribution in [3.8, 4) is 0 Å². The standard InChI is InChI=1S/C19H24ClN5O/c1-4-24-7-9-25(10-8-24)18-12-17(21-14(3)22-18)19(26)23-16-11-15(20)6-5-13(16)2/h5-6,11-12H,4,7-10H2,1-3H3,(H,23,26). The van der Waals surface area contributed by atoms with Crippen molar-refractivity contribution in [2.24, 2.45) is 0 Å². The highest BCUT2D eigenvalue weighted by atomic mass is 35.5. The normalized spacial score (nSPS) is 15.2. The van der Waals surface area contributed by atoms with Crippen LogP contribution in [0, 0.1) is 13.8 Å². The minimum Gasteiger partial charge on any atom is -0.354 e. The summed E-state index contributed by atoms with van der Waals surface area (Å²) in [5.41, 5.74) is 2.01. The molecule has 1 fully saturated rings. The van der Waals surface area contributed by atoms with Crippen molar-refractivity contribution in [3.63, 3.8) is 0 Å². The maximum absolute atomic E-state index is 12.7. The van der Waals surface area contributed by atoms with E-state index >= 15 is 0 Å². The highest BCUT2D eigenvalue weighted by Crippen LogP contribution is 2.21. The number of likely N-dealkylation sites (N-methyl/N-ethyl adjacent to an activating group) is 1. The van der Waals surface area contributed by atoms with Gasteiger partial charge in [0.05, 0.1) is 0 Å². The second-order valence-corrected chi connectivity index (χ2v) is 6.93. The molecule has 0 saturated carbocycles. The van der Waals surface area contributed by atoms with Crippen molar-refractivity contribution >= 4 is 29.0 Å². The van der Waals surface area contributed by atoms with Gasteiger partial charge in [-0.25, -0.2) is 9.97 Å². The minimum atomic E-state index is -0.255. The summed E-state index contributed by atoms with van der Waals surface area (Å²) >= 11 is 6.03. The van der Waals surface area contributed by atoms with Gasteiger partial charge in [-0.2, -0.15) is 0 Å². The quantitative estimate of drug-likeness (QED) is 0.892. The van der Waals surface area contributed by atoms with E-state index in [2.05, 4.69) is 32.0 Å². The topological polar surface area (TPSA) is 61.4 Å². The lowest BCUT2D eigenvalue weighted by molar-refractivity contribution is 0.102. The lowest BCUT2D eigenvalue weighted by atomic mass is 10.2. The third kappa shape index (κ3) is 4.31. The molecule has 1 aliphatic rings. The third-order valence-corrected chi connectivity index (χ3v) is 4.88. The molecule has 0 spiro atoms. The Labute approximate surface area is 159 Å². The van der Waals surface area contributed by atoms with Crippen molar-refractivity contribution in [1.82, 2.24) is 14.9 Å². The zero-order chi connectivity index (χ0) is 18.7. The first kappa shape index (κ1) is 18.6. The Kier molecular flexibility index (Phi) is 5.74. The lowest BCUT2D eigenvalue weighted by Crippen LogP contribution is -2.46. The Balaban J connectivity index is 1.79. The minimum absolute atomic E-state index is 0.255. The van der Waals surface area contributed by atoms with Crippen LogP contribution in [-0.4, -0.2) is 53.5 Å². The molecular formula is C19H24ClN5O. The van der Waals surface area contributed by atoms with Crippen molar-refractivity contribution in [1.29, 1.82) is 0 Å². The van der Waals surface area contributed by atoms with E-state index in [-0.39, 0.29) is 5.91 Å². The average molecular weight is 374 g/mol. The number of carbonyl (C=O) groups excluding carboxylic acids is 1. The Bertz CT molecular complexity index is 803. The highest BCUT2D eigenvalue weighted by Gasteiger charge is 2.19. The summed E-state index contributed by atoms with van der Waals surface area (Å²) in [4.78, 5) is 26.1. The smallest absolute Gasteiger partial charge is 0.274 e. The Morgan fingerprint density at radius 2 is 1.88 bits per heavy atom. The molecule has 1 aliphatic heterocycles. The summed E-state index contributed by atoms with van der Waals surface area (Å²) in [6.45, 7) is 10.8. The van der Waals surface area contributed by atoms with E-state index in [9.17, 15) is 4.79 Å². The molecule has 1 aromatic heterocycles. The van der Waals surface area contributed by atoms with Crippen molar-refractivity contribution in [2.45, 2.75) is 20.8 Å². The number of halogens is 1. The SMILES string of the molecule is CCN1CCN(c2cc(C(=O)Nc3cc(Cl)ccc3C)nc(C)n2)CC1. The number of hydrogen-bond donors (Lipinski definition) is 1. The maximum Gasteiger partial charge on any atom is 0.274 e. The molecule has 138 valence electrons. The van der Waals surface area contributed by atoms with Crippen LogP contribution in [0.5, 0.6) is 0 Å². The number of nitrogens with one attached hydrogen (secondary N) is 1. The van der Waals surface area contributed by atoms with Gasteiger partial charge in [0.1, 0.15) is 17.3 Å². The van der Waals surface area contributed by atoms with Gasteiger partial charge in [0.2, 0.25) is 0 Å². The van der Waals surface area contributed by atoms with E-state index in [4.69, 9.17) is 11.6 Å². The van der Waals surface area contributed by atoms with Crippen LogP contribution in [0.2, 0.25) is 5.02 Å². The number of hydrogen-bond acceptors (Lipinski definition) is 5. The second-order valence-electron chi connectivity index (χ2n) is 6.49. The summed E-state index contributed by atoms with van der Waals surface area (Å²) in [7, 11) is 0. The summed E-state index contributed by atoms with van der Waals surface area (Å²) in [6.07, 6.45) is 0. The number of carbonyl (C=O) groups is 1. The second kappa shape index (κ2) is 8.01. The fourth-order valence-electron chi connectivity index (χ4n) is 3.04. The van der Waals surface area contributed by atoms with Crippen molar-refractivity contribution in [3.05, 3.63) is 46.4 Å². The van der Waals surface area contributed by atoms with Crippen LogP contribution < -0.4 is 10.2 Å². The van der Waals surface area contributed by atoms with Crippen LogP contribution in [0.1, 0.15) is 28.8 Å². The van der Waals surface area contributed by atoms with E-state index in [1.807, 2.05) is 19.9 Å². The van der Waals surface area contributed by atoms with Gasteiger partial charge in [-0.15, -0.1) is 0 Å². The van der Waals surface area contributed by atoms with E-state index in [0.29, 0.717) is 22.2 Å². The molecule has 26 heavy (non-hydrogen) atoms. The van der Waals surface area contributed by atoms with Gasteiger partial charge in [-0.1, -0.05) is 24.6 Å².